The maximum atomic E-state index is 12.4. The number of nitriles is 1. The second-order valence-corrected chi connectivity index (χ2v) is 7.10. The molecule has 0 bridgehead atoms. The van der Waals surface area contributed by atoms with Crippen molar-refractivity contribution >= 4 is 21.6 Å². The quantitative estimate of drug-likeness (QED) is 0.814. The van der Waals surface area contributed by atoms with Crippen LogP contribution in [-0.2, 0) is 14.8 Å². The molecule has 2 N–H and O–H groups in total. The van der Waals surface area contributed by atoms with Crippen molar-refractivity contribution in [1.82, 2.24) is 4.72 Å². The fraction of sp³-hybridized carbons (Fsp3) is 0.176. The molecule has 1 amide bonds. The van der Waals surface area contributed by atoms with Crippen molar-refractivity contribution in [3.8, 4) is 17.6 Å². The third-order valence-corrected chi connectivity index (χ3v) is 4.97. The van der Waals surface area contributed by atoms with Crippen LogP contribution in [0, 0.1) is 11.3 Å². The molecule has 2 aromatic carbocycles. The second-order valence-electron chi connectivity index (χ2n) is 5.34. The number of nitrogens with one attached hydrogen (secondary N) is 2. The molecule has 1 aliphatic rings. The van der Waals surface area contributed by atoms with E-state index in [4.69, 9.17) is 14.7 Å². The molecule has 9 heteroatoms. The topological polar surface area (TPSA) is 118 Å². The first-order valence-electron chi connectivity index (χ1n) is 7.68. The molecule has 0 aromatic heterocycles. The predicted molar refractivity (Wildman–Crippen MR) is 92.4 cm³/mol. The van der Waals surface area contributed by atoms with E-state index in [2.05, 4.69) is 10.0 Å². The average molecular weight is 373 g/mol. The van der Waals surface area contributed by atoms with Gasteiger partial charge >= 0.3 is 0 Å². The highest BCUT2D eigenvalue weighted by atomic mass is 32.2. The molecule has 26 heavy (non-hydrogen) atoms. The zero-order valence-electron chi connectivity index (χ0n) is 13.6. The number of hydrogen-bond acceptors (Lipinski definition) is 6. The maximum absolute atomic E-state index is 12.4. The largest absolute Gasteiger partial charge is 0.486 e. The van der Waals surface area contributed by atoms with Crippen LogP contribution >= 0.6 is 0 Å². The highest BCUT2D eigenvalue weighted by molar-refractivity contribution is 7.89. The van der Waals surface area contributed by atoms with E-state index in [1.165, 1.54) is 18.2 Å². The summed E-state index contributed by atoms with van der Waals surface area (Å²) < 4.78 is 37.6. The SMILES string of the molecule is N#Cc1ccccc1NC(=O)CNS(=O)(=O)c1ccc2c(c1)OCCO2. The number of anilines is 1. The van der Waals surface area contributed by atoms with E-state index in [-0.39, 0.29) is 10.5 Å². The van der Waals surface area contributed by atoms with Crippen LogP contribution in [0.2, 0.25) is 0 Å². The van der Waals surface area contributed by atoms with Gasteiger partial charge in [0.15, 0.2) is 11.5 Å². The number of amides is 1. The Kier molecular flexibility index (Phi) is 5.06. The lowest BCUT2D eigenvalue weighted by Crippen LogP contribution is -2.33. The van der Waals surface area contributed by atoms with Gasteiger partial charge in [-0.2, -0.15) is 5.26 Å². The molecule has 0 saturated heterocycles. The minimum atomic E-state index is -3.91. The van der Waals surface area contributed by atoms with Crippen molar-refractivity contribution in [2.75, 3.05) is 25.1 Å². The van der Waals surface area contributed by atoms with Crippen LogP contribution in [0.15, 0.2) is 47.4 Å². The third-order valence-electron chi connectivity index (χ3n) is 3.57. The average Bonchev–Trinajstić information content (AvgIpc) is 2.66. The highest BCUT2D eigenvalue weighted by Crippen LogP contribution is 2.32. The number of ether oxygens (including phenoxy) is 2. The van der Waals surface area contributed by atoms with Crippen LogP contribution in [0.4, 0.5) is 5.69 Å². The molecule has 0 spiro atoms. The molecule has 0 saturated carbocycles. The summed E-state index contributed by atoms with van der Waals surface area (Å²) >= 11 is 0. The van der Waals surface area contributed by atoms with E-state index in [1.54, 1.807) is 24.3 Å². The highest BCUT2D eigenvalue weighted by Gasteiger charge is 2.20. The molecular weight excluding hydrogens is 358 g/mol. The van der Waals surface area contributed by atoms with Crippen LogP contribution in [-0.4, -0.2) is 34.1 Å². The minimum absolute atomic E-state index is 0.0352. The van der Waals surface area contributed by atoms with Crippen molar-refractivity contribution in [1.29, 1.82) is 5.26 Å². The number of para-hydroxylation sites is 1. The van der Waals surface area contributed by atoms with Gasteiger partial charge in [0, 0.05) is 6.07 Å². The summed E-state index contributed by atoms with van der Waals surface area (Å²) in [5, 5.41) is 11.5. The number of rotatable bonds is 5. The van der Waals surface area contributed by atoms with Crippen LogP contribution < -0.4 is 19.5 Å². The van der Waals surface area contributed by atoms with Gasteiger partial charge in [-0.3, -0.25) is 4.79 Å². The Morgan fingerprint density at radius 1 is 1.12 bits per heavy atom. The first-order valence-corrected chi connectivity index (χ1v) is 9.16. The van der Waals surface area contributed by atoms with Gasteiger partial charge in [0.05, 0.1) is 22.7 Å². The molecule has 0 fully saturated rings. The van der Waals surface area contributed by atoms with E-state index in [1.807, 2.05) is 6.07 Å². The molecule has 1 heterocycles. The molecule has 0 unspecified atom stereocenters. The standard InChI is InChI=1S/C17H15N3O5S/c18-10-12-3-1-2-4-14(12)20-17(21)11-19-26(22,23)13-5-6-15-16(9-13)25-8-7-24-15/h1-6,9,19H,7-8,11H2,(H,20,21). The first-order chi connectivity index (χ1) is 12.5. The zero-order chi connectivity index (χ0) is 18.6. The number of nitrogens with zero attached hydrogens (tertiary/aromatic N) is 1. The molecule has 0 aliphatic carbocycles. The summed E-state index contributed by atoms with van der Waals surface area (Å²) in [6.45, 7) is 0.267. The van der Waals surface area contributed by atoms with Gasteiger partial charge in [0.1, 0.15) is 19.3 Å². The Balaban J connectivity index is 1.66. The van der Waals surface area contributed by atoms with Crippen LogP contribution in [0.25, 0.3) is 0 Å². The number of fused-ring (bicyclic) bond motifs is 1. The lowest BCUT2D eigenvalue weighted by molar-refractivity contribution is -0.115. The fourth-order valence-electron chi connectivity index (χ4n) is 2.32. The number of benzene rings is 2. The normalized spacial score (nSPS) is 12.9. The van der Waals surface area contributed by atoms with Gasteiger partial charge in [-0.05, 0) is 24.3 Å². The Morgan fingerprint density at radius 3 is 2.62 bits per heavy atom. The lowest BCUT2D eigenvalue weighted by atomic mass is 10.2. The molecule has 8 nitrogen and oxygen atoms in total. The Hall–Kier alpha value is -3.09. The first kappa shape index (κ1) is 17.7. The van der Waals surface area contributed by atoms with Gasteiger partial charge in [-0.1, -0.05) is 12.1 Å². The van der Waals surface area contributed by atoms with E-state index < -0.39 is 22.5 Å². The Morgan fingerprint density at radius 2 is 1.85 bits per heavy atom. The van der Waals surface area contributed by atoms with Crippen molar-refractivity contribution < 1.29 is 22.7 Å². The van der Waals surface area contributed by atoms with Crippen molar-refractivity contribution in [2.24, 2.45) is 0 Å². The van der Waals surface area contributed by atoms with Crippen LogP contribution in [0.1, 0.15) is 5.56 Å². The summed E-state index contributed by atoms with van der Waals surface area (Å²) in [6.07, 6.45) is 0. The summed E-state index contributed by atoms with van der Waals surface area (Å²) in [5.74, 6) is 0.224. The molecule has 0 atom stereocenters. The maximum Gasteiger partial charge on any atom is 0.241 e. The predicted octanol–water partition coefficient (Wildman–Crippen LogP) is 1.25. The summed E-state index contributed by atoms with van der Waals surface area (Å²) in [6, 6.07) is 12.6. The van der Waals surface area contributed by atoms with E-state index in [0.717, 1.165) is 0 Å². The second kappa shape index (κ2) is 7.43. The summed E-state index contributed by atoms with van der Waals surface area (Å²) in [4.78, 5) is 12.0. The van der Waals surface area contributed by atoms with E-state index in [0.29, 0.717) is 30.4 Å². The number of hydrogen-bond donors (Lipinski definition) is 2. The number of sulfonamides is 1. The molecular formula is C17H15N3O5S. The molecule has 1 aliphatic heterocycles. The van der Waals surface area contributed by atoms with Gasteiger partial charge in [-0.25, -0.2) is 13.1 Å². The van der Waals surface area contributed by atoms with Crippen LogP contribution in [0.3, 0.4) is 0 Å². The zero-order valence-corrected chi connectivity index (χ0v) is 14.4. The van der Waals surface area contributed by atoms with E-state index in [9.17, 15) is 13.2 Å². The summed E-state index contributed by atoms with van der Waals surface area (Å²) in [7, 11) is -3.91. The fourth-order valence-corrected chi connectivity index (χ4v) is 3.32. The van der Waals surface area contributed by atoms with Gasteiger partial charge in [0.25, 0.3) is 0 Å². The van der Waals surface area contributed by atoms with Gasteiger partial charge < -0.3 is 14.8 Å². The lowest BCUT2D eigenvalue weighted by Gasteiger charge is -2.18. The van der Waals surface area contributed by atoms with E-state index >= 15 is 0 Å². The molecule has 2 aromatic rings. The molecule has 3 rings (SSSR count). The van der Waals surface area contributed by atoms with Crippen LogP contribution in [0.5, 0.6) is 11.5 Å². The summed E-state index contributed by atoms with van der Waals surface area (Å²) in [5.41, 5.74) is 0.606. The Bertz CT molecular complexity index is 982. The third kappa shape index (κ3) is 3.93. The van der Waals surface area contributed by atoms with Crippen molar-refractivity contribution in [2.45, 2.75) is 4.90 Å². The monoisotopic (exact) mass is 373 g/mol. The number of carbonyl (C=O) groups is 1. The Labute approximate surface area is 150 Å². The van der Waals surface area contributed by atoms with Crippen molar-refractivity contribution in [3.63, 3.8) is 0 Å². The van der Waals surface area contributed by atoms with Gasteiger partial charge in [-0.15, -0.1) is 0 Å². The van der Waals surface area contributed by atoms with Crippen molar-refractivity contribution in [3.05, 3.63) is 48.0 Å². The minimum Gasteiger partial charge on any atom is -0.486 e. The molecule has 134 valence electrons. The van der Waals surface area contributed by atoms with Gasteiger partial charge in [0.2, 0.25) is 15.9 Å². The number of carbonyl (C=O) groups excluding carboxylic acids is 1. The smallest absolute Gasteiger partial charge is 0.241 e. The molecule has 0 radical (unpaired) electrons.